The Kier molecular flexibility index (Phi) is 4.78. The summed E-state index contributed by atoms with van der Waals surface area (Å²) in [4.78, 5) is 0. The van der Waals surface area contributed by atoms with E-state index in [0.29, 0.717) is 17.8 Å². The van der Waals surface area contributed by atoms with Crippen molar-refractivity contribution in [3.05, 3.63) is 75.9 Å². The van der Waals surface area contributed by atoms with Crippen molar-refractivity contribution >= 4 is 5.57 Å². The molecule has 7 rings (SSSR count). The van der Waals surface area contributed by atoms with Gasteiger partial charge in [0.2, 0.25) is 0 Å². The highest BCUT2D eigenvalue weighted by Crippen LogP contribution is 2.41. The quantitative estimate of drug-likeness (QED) is 0.533. The Bertz CT molecular complexity index is 835. The van der Waals surface area contributed by atoms with Gasteiger partial charge in [-0.25, -0.2) is 0 Å². The van der Waals surface area contributed by atoms with Crippen molar-refractivity contribution in [3.8, 4) is 0 Å². The van der Waals surface area contributed by atoms with Gasteiger partial charge in [0.15, 0.2) is 0 Å². The summed E-state index contributed by atoms with van der Waals surface area (Å²) in [5.74, 6) is 1.89. The average molecular weight is 345 g/mol. The van der Waals surface area contributed by atoms with Crippen LogP contribution in [0.1, 0.15) is 98.1 Å². The van der Waals surface area contributed by atoms with Crippen LogP contribution in [0.5, 0.6) is 0 Å². The lowest BCUT2D eigenvalue weighted by Gasteiger charge is -2.28. The third kappa shape index (κ3) is 3.27. The van der Waals surface area contributed by atoms with Crippen LogP contribution in [0.4, 0.5) is 0 Å². The Morgan fingerprint density at radius 1 is 0.846 bits per heavy atom. The van der Waals surface area contributed by atoms with Crippen molar-refractivity contribution in [1.82, 2.24) is 0 Å². The molecule has 0 nitrogen and oxygen atoms in total. The van der Waals surface area contributed by atoms with Crippen molar-refractivity contribution < 1.29 is 0 Å². The highest BCUT2D eigenvalue weighted by atomic mass is 14.3. The Balaban J connectivity index is 1.76. The van der Waals surface area contributed by atoms with E-state index in [2.05, 4.69) is 70.2 Å². The van der Waals surface area contributed by atoms with E-state index >= 15 is 0 Å². The number of benzene rings is 2. The molecule has 0 amide bonds. The van der Waals surface area contributed by atoms with E-state index in [1.807, 2.05) is 0 Å². The first-order chi connectivity index (χ1) is 12.5. The maximum Gasteiger partial charge on any atom is -0.0118 e. The molecule has 0 unspecified atom stereocenters. The molecular weight excluding hydrogens is 312 g/mol. The molecular formula is C26H32. The minimum atomic E-state index is 0.606. The topological polar surface area (TPSA) is 0 Å². The third-order valence-electron chi connectivity index (χ3n) is 6.45. The maximum atomic E-state index is 2.55. The van der Waals surface area contributed by atoms with Crippen molar-refractivity contribution in [2.24, 2.45) is 0 Å². The number of rotatable bonds is 2. The zero-order valence-electron chi connectivity index (χ0n) is 16.8. The Morgan fingerprint density at radius 3 is 2.46 bits per heavy atom. The van der Waals surface area contributed by atoms with Gasteiger partial charge >= 0.3 is 0 Å². The van der Waals surface area contributed by atoms with E-state index in [9.17, 15) is 0 Å². The summed E-state index contributed by atoms with van der Waals surface area (Å²) in [5.41, 5.74) is 10.9. The van der Waals surface area contributed by atoms with Crippen LogP contribution >= 0.6 is 0 Å². The normalized spacial score (nSPS) is 19.3. The zero-order chi connectivity index (χ0) is 18.3. The molecule has 0 heterocycles. The predicted octanol–water partition coefficient (Wildman–Crippen LogP) is 7.38. The summed E-state index contributed by atoms with van der Waals surface area (Å²) < 4.78 is 0. The first kappa shape index (κ1) is 17.6. The molecule has 0 fully saturated rings. The van der Waals surface area contributed by atoms with Gasteiger partial charge in [0, 0.05) is 0 Å². The fourth-order valence-electron chi connectivity index (χ4n) is 4.78. The smallest absolute Gasteiger partial charge is 0.0118 e. The minimum absolute atomic E-state index is 0.606. The van der Waals surface area contributed by atoms with Crippen LogP contribution in [-0.4, -0.2) is 0 Å². The van der Waals surface area contributed by atoms with Crippen LogP contribution in [0, 0.1) is 0 Å². The minimum Gasteiger partial charge on any atom is -0.0801 e. The molecule has 5 aliphatic rings. The Morgan fingerprint density at radius 2 is 1.69 bits per heavy atom. The number of aryl methyl sites for hydroxylation is 2. The van der Waals surface area contributed by atoms with Gasteiger partial charge in [-0.2, -0.15) is 0 Å². The molecule has 4 bridgehead atoms. The second-order valence-electron chi connectivity index (χ2n) is 8.89. The Hall–Kier alpha value is -1.82. The molecule has 5 aliphatic carbocycles. The van der Waals surface area contributed by atoms with Gasteiger partial charge in [-0.1, -0.05) is 70.2 Å². The second kappa shape index (κ2) is 7.06. The lowest BCUT2D eigenvalue weighted by Crippen LogP contribution is -2.11. The summed E-state index contributed by atoms with van der Waals surface area (Å²) in [6.45, 7) is 9.29. The van der Waals surface area contributed by atoms with E-state index in [4.69, 9.17) is 0 Å². The summed E-state index contributed by atoms with van der Waals surface area (Å²) in [5, 5.41) is 0. The third-order valence-corrected chi connectivity index (χ3v) is 6.45. The van der Waals surface area contributed by atoms with Crippen LogP contribution in [-0.2, 0) is 12.8 Å². The van der Waals surface area contributed by atoms with Gasteiger partial charge < -0.3 is 0 Å². The van der Waals surface area contributed by atoms with Gasteiger partial charge in [0.25, 0.3) is 0 Å². The summed E-state index contributed by atoms with van der Waals surface area (Å²) >= 11 is 0. The number of hydrogen-bond acceptors (Lipinski definition) is 0. The zero-order valence-corrected chi connectivity index (χ0v) is 16.8. The van der Waals surface area contributed by atoms with Gasteiger partial charge in [-0.3, -0.25) is 0 Å². The van der Waals surface area contributed by atoms with Gasteiger partial charge in [0.05, 0.1) is 0 Å². The van der Waals surface area contributed by atoms with Crippen molar-refractivity contribution in [2.75, 3.05) is 0 Å². The first-order valence-electron chi connectivity index (χ1n) is 10.5. The van der Waals surface area contributed by atoms with Gasteiger partial charge in [0.1, 0.15) is 0 Å². The van der Waals surface area contributed by atoms with Crippen LogP contribution in [0.2, 0.25) is 0 Å². The molecule has 136 valence electrons. The summed E-state index contributed by atoms with van der Waals surface area (Å²) in [6.07, 6.45) is 8.55. The largest absolute Gasteiger partial charge is 0.0801 e. The fraction of sp³-hybridized carbons (Fsp3) is 0.462. The van der Waals surface area contributed by atoms with Crippen molar-refractivity contribution in [2.45, 2.75) is 77.6 Å². The number of allylic oxidation sites excluding steroid dienone is 2. The van der Waals surface area contributed by atoms with E-state index in [1.165, 1.54) is 42.4 Å². The van der Waals surface area contributed by atoms with Gasteiger partial charge in [-0.15, -0.1) is 0 Å². The number of hydrogen-bond donors (Lipinski definition) is 0. The van der Waals surface area contributed by atoms with Crippen LogP contribution in [0.3, 0.4) is 0 Å². The van der Waals surface area contributed by atoms with Crippen LogP contribution in [0.15, 0.2) is 42.5 Å². The Labute approximate surface area is 159 Å². The molecule has 0 heteroatoms. The molecule has 0 aromatic heterocycles. The summed E-state index contributed by atoms with van der Waals surface area (Å²) in [6, 6.07) is 14.6. The predicted molar refractivity (Wildman–Crippen MR) is 113 cm³/mol. The van der Waals surface area contributed by atoms with Crippen molar-refractivity contribution in [1.29, 1.82) is 0 Å². The highest BCUT2D eigenvalue weighted by Gasteiger charge is 2.23. The second-order valence-corrected chi connectivity index (χ2v) is 8.89. The molecule has 2 aromatic carbocycles. The fourth-order valence-corrected chi connectivity index (χ4v) is 4.78. The monoisotopic (exact) mass is 344 g/mol. The summed E-state index contributed by atoms with van der Waals surface area (Å²) in [7, 11) is 0. The molecule has 0 N–H and O–H groups in total. The molecule has 2 aromatic rings. The van der Waals surface area contributed by atoms with Crippen LogP contribution in [0.25, 0.3) is 5.57 Å². The maximum absolute atomic E-state index is 2.55. The lowest BCUT2D eigenvalue weighted by molar-refractivity contribution is 0.620. The SMILES string of the molecule is CC(C)c1ccc2c(c1)[C@@H]1CC=C2CCc2ccc(cc2C(C)C)CC1. The van der Waals surface area contributed by atoms with Gasteiger partial charge in [-0.05, 0) is 88.8 Å². The molecule has 0 aliphatic heterocycles. The van der Waals surface area contributed by atoms with E-state index in [0.717, 1.165) is 6.42 Å². The van der Waals surface area contributed by atoms with E-state index in [-0.39, 0.29) is 0 Å². The standard InChI is InChI=1S/C26H32/c1-17(2)23-13-14-24-20-9-11-21-7-5-19(15-25(21)18(3)4)6-8-22(12-10-20)26(24)16-23/h5,7,10,13-18,22H,6,8-9,11-12H2,1-4H3/t22-/m0/s1. The molecule has 0 saturated carbocycles. The van der Waals surface area contributed by atoms with Crippen LogP contribution < -0.4 is 0 Å². The van der Waals surface area contributed by atoms with E-state index in [1.54, 1.807) is 22.3 Å². The highest BCUT2D eigenvalue weighted by molar-refractivity contribution is 5.72. The molecule has 0 saturated heterocycles. The molecule has 26 heavy (non-hydrogen) atoms. The van der Waals surface area contributed by atoms with E-state index < -0.39 is 0 Å². The first-order valence-corrected chi connectivity index (χ1v) is 10.5. The molecule has 0 spiro atoms. The van der Waals surface area contributed by atoms with Crippen molar-refractivity contribution in [3.63, 3.8) is 0 Å². The average Bonchev–Trinajstić information content (AvgIpc) is 2.62. The lowest BCUT2D eigenvalue weighted by atomic mass is 9.76. The molecule has 1 atom stereocenters. The molecule has 0 radical (unpaired) electrons.